The molecule has 140 valence electrons. The molecule has 6 nitrogen and oxygen atoms in total. The molecule has 26 heavy (non-hydrogen) atoms. The lowest BCUT2D eigenvalue weighted by molar-refractivity contribution is -0.123. The number of fused-ring (bicyclic) bond motifs is 1. The Kier molecular flexibility index (Phi) is 5.09. The minimum Gasteiger partial charge on any atom is -0.351 e. The van der Waals surface area contributed by atoms with Crippen molar-refractivity contribution in [3.05, 3.63) is 17.8 Å². The van der Waals surface area contributed by atoms with Crippen LogP contribution in [0.2, 0.25) is 0 Å². The van der Waals surface area contributed by atoms with Crippen molar-refractivity contribution in [2.75, 3.05) is 24.5 Å². The summed E-state index contributed by atoms with van der Waals surface area (Å²) in [5.74, 6) is 1.07. The number of anilines is 1. The van der Waals surface area contributed by atoms with Gasteiger partial charge in [-0.1, -0.05) is 0 Å². The van der Waals surface area contributed by atoms with Crippen LogP contribution in [0.15, 0.2) is 17.8 Å². The Morgan fingerprint density at radius 1 is 1.23 bits per heavy atom. The standard InChI is InChI=1S/C19H27N5OS/c1-13(2)23-9-5-14(6-10-23)22-18(25)16-4-3-8-24(16)17-15-7-11-26-19(15)21-12-20-17/h7,11-14,16H,3-6,8-10H2,1-2H3,(H,22,25)/t16-/m1/s1. The van der Waals surface area contributed by atoms with Crippen LogP contribution in [0.5, 0.6) is 0 Å². The van der Waals surface area contributed by atoms with E-state index < -0.39 is 0 Å². The largest absolute Gasteiger partial charge is 0.351 e. The summed E-state index contributed by atoms with van der Waals surface area (Å²) in [5, 5.41) is 6.41. The monoisotopic (exact) mass is 373 g/mol. The van der Waals surface area contributed by atoms with E-state index in [0.717, 1.165) is 61.4 Å². The molecule has 4 rings (SSSR count). The van der Waals surface area contributed by atoms with E-state index in [2.05, 4.69) is 45.0 Å². The fraction of sp³-hybridized carbons (Fsp3) is 0.632. The van der Waals surface area contributed by atoms with E-state index in [1.54, 1.807) is 17.7 Å². The molecule has 4 heterocycles. The lowest BCUT2D eigenvalue weighted by Crippen LogP contribution is -2.51. The quantitative estimate of drug-likeness (QED) is 0.893. The van der Waals surface area contributed by atoms with E-state index in [9.17, 15) is 4.79 Å². The number of amides is 1. The molecular weight excluding hydrogens is 346 g/mol. The van der Waals surface area contributed by atoms with Crippen molar-refractivity contribution >= 4 is 33.3 Å². The van der Waals surface area contributed by atoms with Gasteiger partial charge in [-0.3, -0.25) is 4.79 Å². The van der Waals surface area contributed by atoms with Crippen molar-refractivity contribution in [2.24, 2.45) is 0 Å². The van der Waals surface area contributed by atoms with E-state index in [0.29, 0.717) is 12.1 Å². The molecule has 0 unspecified atom stereocenters. The Hall–Kier alpha value is -1.73. The summed E-state index contributed by atoms with van der Waals surface area (Å²) in [6, 6.07) is 2.83. The fourth-order valence-corrected chi connectivity index (χ4v) is 4.88. The average Bonchev–Trinajstić information content (AvgIpc) is 3.31. The molecule has 0 aliphatic carbocycles. The summed E-state index contributed by atoms with van der Waals surface area (Å²) in [4.78, 5) is 27.5. The molecule has 0 saturated carbocycles. The molecule has 2 aromatic heterocycles. The first kappa shape index (κ1) is 17.7. The van der Waals surface area contributed by atoms with Crippen LogP contribution in [-0.2, 0) is 4.79 Å². The number of carbonyl (C=O) groups excluding carboxylic acids is 1. The zero-order valence-corrected chi connectivity index (χ0v) is 16.3. The molecule has 0 aromatic carbocycles. The van der Waals surface area contributed by atoms with Crippen LogP contribution >= 0.6 is 11.3 Å². The van der Waals surface area contributed by atoms with Crippen molar-refractivity contribution in [1.29, 1.82) is 0 Å². The molecule has 2 aliphatic heterocycles. The number of piperidine rings is 1. The third-order valence-electron chi connectivity index (χ3n) is 5.67. The third-order valence-corrected chi connectivity index (χ3v) is 6.50. The van der Waals surface area contributed by atoms with Crippen LogP contribution in [0, 0.1) is 0 Å². The first-order chi connectivity index (χ1) is 12.6. The van der Waals surface area contributed by atoms with E-state index in [-0.39, 0.29) is 11.9 Å². The molecule has 0 radical (unpaired) electrons. The summed E-state index contributed by atoms with van der Waals surface area (Å²) in [5.41, 5.74) is 0. The van der Waals surface area contributed by atoms with Gasteiger partial charge < -0.3 is 15.1 Å². The van der Waals surface area contributed by atoms with Gasteiger partial charge in [-0.2, -0.15) is 0 Å². The highest BCUT2D eigenvalue weighted by atomic mass is 32.1. The van der Waals surface area contributed by atoms with Gasteiger partial charge in [0, 0.05) is 31.7 Å². The second-order valence-corrected chi connectivity index (χ2v) is 8.50. The van der Waals surface area contributed by atoms with Gasteiger partial charge in [0.25, 0.3) is 0 Å². The Labute approximate surface area is 158 Å². The van der Waals surface area contributed by atoms with Crippen LogP contribution < -0.4 is 10.2 Å². The van der Waals surface area contributed by atoms with Gasteiger partial charge in [-0.25, -0.2) is 9.97 Å². The van der Waals surface area contributed by atoms with E-state index >= 15 is 0 Å². The van der Waals surface area contributed by atoms with Gasteiger partial charge in [0.15, 0.2) is 0 Å². The van der Waals surface area contributed by atoms with E-state index in [1.807, 2.05) is 5.38 Å². The van der Waals surface area contributed by atoms with Crippen LogP contribution in [0.1, 0.15) is 39.5 Å². The maximum absolute atomic E-state index is 13.0. The van der Waals surface area contributed by atoms with Crippen molar-refractivity contribution in [3.63, 3.8) is 0 Å². The van der Waals surface area contributed by atoms with Crippen LogP contribution in [0.3, 0.4) is 0 Å². The highest BCUT2D eigenvalue weighted by Crippen LogP contribution is 2.31. The number of nitrogens with one attached hydrogen (secondary N) is 1. The Bertz CT molecular complexity index is 768. The summed E-state index contributed by atoms with van der Waals surface area (Å²) in [7, 11) is 0. The maximum Gasteiger partial charge on any atom is 0.242 e. The fourth-order valence-electron chi connectivity index (χ4n) is 4.16. The van der Waals surface area contributed by atoms with Crippen molar-refractivity contribution in [3.8, 4) is 0 Å². The van der Waals surface area contributed by atoms with Crippen LogP contribution in [0.4, 0.5) is 5.82 Å². The van der Waals surface area contributed by atoms with E-state index in [4.69, 9.17) is 0 Å². The Morgan fingerprint density at radius 3 is 2.81 bits per heavy atom. The molecule has 0 bridgehead atoms. The predicted octanol–water partition coefficient (Wildman–Crippen LogP) is 2.65. The zero-order chi connectivity index (χ0) is 18.1. The third kappa shape index (κ3) is 3.42. The molecule has 7 heteroatoms. The number of nitrogens with zero attached hydrogens (tertiary/aromatic N) is 4. The molecule has 2 fully saturated rings. The SMILES string of the molecule is CC(C)N1CCC(NC(=O)[C@H]2CCCN2c2ncnc3sccc23)CC1. The number of rotatable bonds is 4. The summed E-state index contributed by atoms with van der Waals surface area (Å²) < 4.78 is 0. The van der Waals surface area contributed by atoms with Gasteiger partial charge in [0.05, 0.1) is 5.39 Å². The minimum atomic E-state index is -0.115. The summed E-state index contributed by atoms with van der Waals surface area (Å²) >= 11 is 1.62. The van der Waals surface area contributed by atoms with Gasteiger partial charge >= 0.3 is 0 Å². The minimum absolute atomic E-state index is 0.115. The topological polar surface area (TPSA) is 61.4 Å². The predicted molar refractivity (Wildman–Crippen MR) is 106 cm³/mol. The van der Waals surface area contributed by atoms with Gasteiger partial charge in [-0.15, -0.1) is 11.3 Å². The maximum atomic E-state index is 13.0. The van der Waals surface area contributed by atoms with Crippen molar-refractivity contribution in [1.82, 2.24) is 20.2 Å². The normalized spacial score (nSPS) is 22.4. The molecule has 1 N–H and O–H groups in total. The highest BCUT2D eigenvalue weighted by Gasteiger charge is 2.34. The number of carbonyl (C=O) groups is 1. The van der Waals surface area contributed by atoms with Crippen molar-refractivity contribution in [2.45, 2.75) is 57.7 Å². The van der Waals surface area contributed by atoms with Gasteiger partial charge in [0.2, 0.25) is 5.91 Å². The average molecular weight is 374 g/mol. The van der Waals surface area contributed by atoms with Gasteiger partial charge in [-0.05, 0) is 51.0 Å². The van der Waals surface area contributed by atoms with E-state index in [1.165, 1.54) is 0 Å². The molecule has 2 aromatic rings. The lowest BCUT2D eigenvalue weighted by atomic mass is 10.0. The number of hydrogen-bond donors (Lipinski definition) is 1. The molecule has 2 aliphatic rings. The first-order valence-electron chi connectivity index (χ1n) is 9.63. The molecule has 2 saturated heterocycles. The first-order valence-corrected chi connectivity index (χ1v) is 10.5. The Balaban J connectivity index is 1.44. The molecule has 0 spiro atoms. The smallest absolute Gasteiger partial charge is 0.242 e. The lowest BCUT2D eigenvalue weighted by Gasteiger charge is -2.35. The molecule has 1 atom stereocenters. The number of thiophene rings is 1. The second kappa shape index (κ2) is 7.48. The Morgan fingerprint density at radius 2 is 2.04 bits per heavy atom. The van der Waals surface area contributed by atoms with Crippen LogP contribution in [-0.4, -0.2) is 58.5 Å². The molecular formula is C19H27N5OS. The van der Waals surface area contributed by atoms with Crippen LogP contribution in [0.25, 0.3) is 10.2 Å². The number of aromatic nitrogens is 2. The highest BCUT2D eigenvalue weighted by molar-refractivity contribution is 7.16. The number of likely N-dealkylation sites (tertiary alicyclic amines) is 1. The zero-order valence-electron chi connectivity index (χ0n) is 15.5. The summed E-state index contributed by atoms with van der Waals surface area (Å²) in [6.07, 6.45) is 5.62. The molecule has 1 amide bonds. The second-order valence-electron chi connectivity index (χ2n) is 7.60. The summed E-state index contributed by atoms with van der Waals surface area (Å²) in [6.45, 7) is 7.49. The van der Waals surface area contributed by atoms with Gasteiger partial charge in [0.1, 0.15) is 23.0 Å². The number of hydrogen-bond acceptors (Lipinski definition) is 6. The van der Waals surface area contributed by atoms with Crippen molar-refractivity contribution < 1.29 is 4.79 Å².